The molecule has 0 atom stereocenters. The molecule has 2 aromatic rings. The number of carbonyl (C=O) groups excluding carboxylic acids is 1. The van der Waals surface area contributed by atoms with E-state index in [0.717, 1.165) is 22.4 Å². The molecule has 4 heteroatoms. The van der Waals surface area contributed by atoms with Gasteiger partial charge in [-0.2, -0.15) is 0 Å². The largest absolute Gasteiger partial charge is 0.348 e. The number of para-hydroxylation sites is 1. The van der Waals surface area contributed by atoms with Crippen molar-refractivity contribution in [1.29, 1.82) is 0 Å². The number of benzene rings is 2. The molecule has 0 heterocycles. The zero-order valence-corrected chi connectivity index (χ0v) is 13.7. The fourth-order valence-corrected chi connectivity index (χ4v) is 2.46. The van der Waals surface area contributed by atoms with Gasteiger partial charge in [-0.05, 0) is 30.2 Å². The normalized spacial score (nSPS) is 10.1. The summed E-state index contributed by atoms with van der Waals surface area (Å²) in [6.45, 7) is 6.40. The summed E-state index contributed by atoms with van der Waals surface area (Å²) < 4.78 is 3.12. The summed E-state index contributed by atoms with van der Waals surface area (Å²) in [5.41, 5.74) is 4.69. The summed E-state index contributed by atoms with van der Waals surface area (Å²) in [6, 6.07) is 15.5. The number of rotatable bonds is 6. The predicted molar refractivity (Wildman–Crippen MR) is 95.9 cm³/mol. The Bertz CT molecular complexity index is 665. The number of carbonyl (C=O) groups is 1. The topological polar surface area (TPSA) is 41.1 Å². The van der Waals surface area contributed by atoms with Crippen molar-refractivity contribution in [2.24, 2.45) is 0 Å². The van der Waals surface area contributed by atoms with E-state index in [-0.39, 0.29) is 5.91 Å². The van der Waals surface area contributed by atoms with Crippen LogP contribution < -0.4 is 10.0 Å². The minimum absolute atomic E-state index is 0.0823. The van der Waals surface area contributed by atoms with Crippen LogP contribution in [0.2, 0.25) is 0 Å². The van der Waals surface area contributed by atoms with Gasteiger partial charge in [0, 0.05) is 12.8 Å². The molecule has 2 N–H and O–H groups in total. The van der Waals surface area contributed by atoms with Crippen LogP contribution in [0.5, 0.6) is 0 Å². The van der Waals surface area contributed by atoms with Gasteiger partial charge in [0.25, 0.3) is 5.91 Å². The van der Waals surface area contributed by atoms with Crippen LogP contribution in [-0.2, 0) is 6.54 Å². The van der Waals surface area contributed by atoms with Gasteiger partial charge in [-0.3, -0.25) is 4.79 Å². The van der Waals surface area contributed by atoms with Gasteiger partial charge in [0.05, 0.1) is 11.3 Å². The number of hydrogen-bond acceptors (Lipinski definition) is 3. The van der Waals surface area contributed by atoms with Gasteiger partial charge in [-0.1, -0.05) is 60.5 Å². The third kappa shape index (κ3) is 4.15. The fraction of sp³-hybridized carbons (Fsp3) is 0.167. The summed E-state index contributed by atoms with van der Waals surface area (Å²) in [5.74, 6) is -0.0823. The third-order valence-electron chi connectivity index (χ3n) is 3.28. The molecule has 0 fully saturated rings. The van der Waals surface area contributed by atoms with Crippen LogP contribution in [0.1, 0.15) is 28.4 Å². The maximum Gasteiger partial charge on any atom is 0.253 e. The van der Waals surface area contributed by atoms with Gasteiger partial charge in [-0.15, -0.1) is 0 Å². The molecule has 0 saturated heterocycles. The van der Waals surface area contributed by atoms with E-state index in [1.54, 1.807) is 0 Å². The molecular formula is C18H20N2OS. The second kappa shape index (κ2) is 7.71. The highest BCUT2D eigenvalue weighted by Crippen LogP contribution is 2.18. The maximum atomic E-state index is 12.3. The summed E-state index contributed by atoms with van der Waals surface area (Å²) >= 11 is 1.47. The molecule has 0 unspecified atom stereocenters. The van der Waals surface area contributed by atoms with Crippen LogP contribution in [0.15, 0.2) is 55.1 Å². The van der Waals surface area contributed by atoms with Crippen LogP contribution in [0.4, 0.5) is 5.69 Å². The second-order valence-electron chi connectivity index (χ2n) is 5.01. The number of nitrogens with one attached hydrogen (secondary N) is 2. The molecule has 0 radical (unpaired) electrons. The Labute approximate surface area is 136 Å². The Hall–Kier alpha value is -2.20. The molecule has 22 heavy (non-hydrogen) atoms. The van der Waals surface area contributed by atoms with Gasteiger partial charge in [0.15, 0.2) is 0 Å². The molecule has 0 aliphatic rings. The van der Waals surface area contributed by atoms with Crippen molar-refractivity contribution >= 4 is 29.1 Å². The molecule has 0 spiro atoms. The predicted octanol–water partition coefficient (Wildman–Crippen LogP) is 4.34. The molecule has 0 aromatic heterocycles. The number of anilines is 1. The van der Waals surface area contributed by atoms with Crippen molar-refractivity contribution in [1.82, 2.24) is 5.32 Å². The zero-order valence-electron chi connectivity index (χ0n) is 12.8. The van der Waals surface area contributed by atoms with Crippen molar-refractivity contribution in [2.45, 2.75) is 13.5 Å². The average Bonchev–Trinajstić information content (AvgIpc) is 2.54. The van der Waals surface area contributed by atoms with Crippen molar-refractivity contribution in [2.75, 3.05) is 11.0 Å². The van der Waals surface area contributed by atoms with Crippen LogP contribution in [0.3, 0.4) is 0 Å². The van der Waals surface area contributed by atoms with Gasteiger partial charge in [0.1, 0.15) is 0 Å². The Morgan fingerprint density at radius 1 is 1.14 bits per heavy atom. The van der Waals surface area contributed by atoms with E-state index in [9.17, 15) is 4.79 Å². The lowest BCUT2D eigenvalue weighted by molar-refractivity contribution is 0.0952. The van der Waals surface area contributed by atoms with Crippen LogP contribution >= 0.6 is 11.9 Å². The van der Waals surface area contributed by atoms with Gasteiger partial charge >= 0.3 is 0 Å². The van der Waals surface area contributed by atoms with Crippen LogP contribution in [0, 0.1) is 0 Å². The third-order valence-corrected chi connectivity index (χ3v) is 3.71. The number of allylic oxidation sites excluding steroid dienone is 1. The Balaban J connectivity index is 2.02. The number of hydrogen-bond donors (Lipinski definition) is 2. The fourth-order valence-electron chi connectivity index (χ4n) is 2.06. The molecule has 0 saturated carbocycles. The zero-order chi connectivity index (χ0) is 15.9. The highest BCUT2D eigenvalue weighted by atomic mass is 32.2. The summed E-state index contributed by atoms with van der Waals surface area (Å²) in [4.78, 5) is 12.3. The molecular weight excluding hydrogens is 292 g/mol. The summed E-state index contributed by atoms with van der Waals surface area (Å²) in [5, 5.41) is 2.95. The molecule has 1 amide bonds. The van der Waals surface area contributed by atoms with Gasteiger partial charge < -0.3 is 10.0 Å². The van der Waals surface area contributed by atoms with Crippen molar-refractivity contribution in [3.63, 3.8) is 0 Å². The van der Waals surface area contributed by atoms with E-state index >= 15 is 0 Å². The quantitative estimate of drug-likeness (QED) is 0.780. The highest BCUT2D eigenvalue weighted by molar-refractivity contribution is 7.99. The Kier molecular flexibility index (Phi) is 5.67. The lowest BCUT2D eigenvalue weighted by Gasteiger charge is -2.11. The lowest BCUT2D eigenvalue weighted by Crippen LogP contribution is -2.23. The SMILES string of the molecule is C=C(C)c1ccc(CNC(=O)c2ccccc2NSC)cc1. The van der Waals surface area contributed by atoms with E-state index in [4.69, 9.17) is 0 Å². The average molecular weight is 312 g/mol. The van der Waals surface area contributed by atoms with Crippen molar-refractivity contribution in [3.8, 4) is 0 Å². The van der Waals surface area contributed by atoms with Crippen molar-refractivity contribution in [3.05, 3.63) is 71.8 Å². The van der Waals surface area contributed by atoms with Crippen molar-refractivity contribution < 1.29 is 4.79 Å². The summed E-state index contributed by atoms with van der Waals surface area (Å²) in [7, 11) is 0. The molecule has 0 aliphatic heterocycles. The summed E-state index contributed by atoms with van der Waals surface area (Å²) in [6.07, 6.45) is 1.93. The number of amides is 1. The highest BCUT2D eigenvalue weighted by Gasteiger charge is 2.10. The van der Waals surface area contributed by atoms with E-state index in [0.29, 0.717) is 12.1 Å². The van der Waals surface area contributed by atoms with Crippen LogP contribution in [-0.4, -0.2) is 12.2 Å². The Morgan fingerprint density at radius 2 is 1.82 bits per heavy atom. The van der Waals surface area contributed by atoms with Gasteiger partial charge in [-0.25, -0.2) is 0 Å². The molecule has 114 valence electrons. The monoisotopic (exact) mass is 312 g/mol. The second-order valence-corrected chi connectivity index (χ2v) is 5.62. The standard InChI is InChI=1S/C18H20N2OS/c1-13(2)15-10-8-14(9-11-15)12-19-18(21)16-6-4-5-7-17(16)20-22-3/h4-11,20H,1,12H2,2-3H3,(H,19,21). The maximum absolute atomic E-state index is 12.3. The first-order valence-corrected chi connectivity index (χ1v) is 8.25. The van der Waals surface area contributed by atoms with E-state index < -0.39 is 0 Å². The first-order chi connectivity index (χ1) is 10.6. The molecule has 2 aromatic carbocycles. The Morgan fingerprint density at radius 3 is 2.45 bits per heavy atom. The smallest absolute Gasteiger partial charge is 0.253 e. The molecule has 0 bridgehead atoms. The van der Waals surface area contributed by atoms with Gasteiger partial charge in [0.2, 0.25) is 0 Å². The minimum atomic E-state index is -0.0823. The lowest BCUT2D eigenvalue weighted by atomic mass is 10.1. The molecule has 2 rings (SSSR count). The minimum Gasteiger partial charge on any atom is -0.348 e. The first-order valence-electron chi connectivity index (χ1n) is 7.03. The first kappa shape index (κ1) is 16.2. The molecule has 0 aliphatic carbocycles. The van der Waals surface area contributed by atoms with E-state index in [2.05, 4.69) is 16.6 Å². The van der Waals surface area contributed by atoms with Crippen LogP contribution in [0.25, 0.3) is 5.57 Å². The molecule has 3 nitrogen and oxygen atoms in total. The van der Waals surface area contributed by atoms with E-state index in [1.165, 1.54) is 11.9 Å². The van der Waals surface area contributed by atoms with E-state index in [1.807, 2.05) is 61.7 Å².